The molecule has 3 rings (SSSR count). The summed E-state index contributed by atoms with van der Waals surface area (Å²) in [5.41, 5.74) is 0.700. The first-order valence-corrected chi connectivity index (χ1v) is 8.22. The number of urea groups is 1. The Morgan fingerprint density at radius 1 is 1.04 bits per heavy atom. The van der Waals surface area contributed by atoms with Crippen molar-refractivity contribution in [1.82, 2.24) is 10.2 Å². The first-order chi connectivity index (χ1) is 11.7. The first-order valence-electron chi connectivity index (χ1n) is 7.03. The molecule has 0 radical (unpaired) electrons. The largest absolute Gasteiger partial charge is 0.486 e. The van der Waals surface area contributed by atoms with Crippen LogP contribution in [0.2, 0.25) is 5.02 Å². The third kappa shape index (κ3) is 4.68. The molecule has 1 aromatic heterocycles. The van der Waals surface area contributed by atoms with Crippen LogP contribution in [0.5, 0.6) is 5.75 Å². The molecule has 0 aliphatic heterocycles. The quantitative estimate of drug-likeness (QED) is 0.706. The number of halogens is 1. The summed E-state index contributed by atoms with van der Waals surface area (Å²) in [5, 5.41) is 15.0. The van der Waals surface area contributed by atoms with E-state index in [0.717, 1.165) is 0 Å². The number of nitrogens with zero attached hydrogens (tertiary/aromatic N) is 2. The lowest BCUT2D eigenvalue weighted by molar-refractivity contribution is 0.262. The van der Waals surface area contributed by atoms with Crippen molar-refractivity contribution in [2.24, 2.45) is 0 Å². The van der Waals surface area contributed by atoms with E-state index in [0.29, 0.717) is 26.6 Å². The van der Waals surface area contributed by atoms with Crippen LogP contribution in [0.1, 0.15) is 5.01 Å². The average molecular weight is 361 g/mol. The van der Waals surface area contributed by atoms with E-state index in [1.807, 2.05) is 18.2 Å². The Balaban J connectivity index is 1.51. The molecule has 0 atom stereocenters. The van der Waals surface area contributed by atoms with Gasteiger partial charge in [0.05, 0.1) is 0 Å². The van der Waals surface area contributed by atoms with Gasteiger partial charge >= 0.3 is 6.03 Å². The molecule has 3 aromatic rings. The number of benzene rings is 2. The molecule has 0 fully saturated rings. The minimum atomic E-state index is -0.373. The normalized spacial score (nSPS) is 10.2. The fourth-order valence-corrected chi connectivity index (χ4v) is 2.59. The highest BCUT2D eigenvalue weighted by atomic mass is 35.5. The molecular weight excluding hydrogens is 348 g/mol. The number of aromatic nitrogens is 2. The van der Waals surface area contributed by atoms with Crippen molar-refractivity contribution in [1.29, 1.82) is 0 Å². The van der Waals surface area contributed by atoms with Crippen molar-refractivity contribution in [3.05, 3.63) is 64.6 Å². The van der Waals surface area contributed by atoms with Crippen molar-refractivity contribution in [2.75, 3.05) is 10.6 Å². The van der Waals surface area contributed by atoms with E-state index >= 15 is 0 Å². The van der Waals surface area contributed by atoms with Crippen LogP contribution in [0.25, 0.3) is 0 Å². The molecule has 8 heteroatoms. The molecule has 0 saturated carbocycles. The highest BCUT2D eigenvalue weighted by molar-refractivity contribution is 7.15. The lowest BCUT2D eigenvalue weighted by atomic mass is 10.3. The second-order valence-corrected chi connectivity index (χ2v) is 6.19. The molecule has 0 spiro atoms. The van der Waals surface area contributed by atoms with Crippen molar-refractivity contribution in [3.63, 3.8) is 0 Å². The molecular formula is C16H13ClN4O2S. The van der Waals surface area contributed by atoms with Crippen LogP contribution in [0, 0.1) is 0 Å². The number of hydrogen-bond acceptors (Lipinski definition) is 5. The van der Waals surface area contributed by atoms with Crippen molar-refractivity contribution in [2.45, 2.75) is 6.61 Å². The summed E-state index contributed by atoms with van der Waals surface area (Å²) in [4.78, 5) is 11.9. The molecule has 0 unspecified atom stereocenters. The molecule has 0 aliphatic carbocycles. The van der Waals surface area contributed by atoms with Crippen LogP contribution >= 0.6 is 22.9 Å². The Kier molecular flexibility index (Phi) is 5.25. The van der Waals surface area contributed by atoms with Crippen LogP contribution in [0.3, 0.4) is 0 Å². The summed E-state index contributed by atoms with van der Waals surface area (Å²) in [6.45, 7) is 0.265. The van der Waals surface area contributed by atoms with Gasteiger partial charge in [0.1, 0.15) is 12.4 Å². The highest BCUT2D eigenvalue weighted by Crippen LogP contribution is 2.20. The van der Waals surface area contributed by atoms with E-state index in [4.69, 9.17) is 16.3 Å². The minimum Gasteiger partial charge on any atom is -0.486 e. The maximum atomic E-state index is 11.9. The van der Waals surface area contributed by atoms with Crippen LogP contribution in [-0.4, -0.2) is 16.2 Å². The summed E-state index contributed by atoms with van der Waals surface area (Å²) < 4.78 is 5.58. The van der Waals surface area contributed by atoms with E-state index in [9.17, 15) is 4.79 Å². The van der Waals surface area contributed by atoms with Crippen LogP contribution < -0.4 is 15.4 Å². The molecule has 1 heterocycles. The van der Waals surface area contributed by atoms with E-state index in [2.05, 4.69) is 20.8 Å². The monoisotopic (exact) mass is 360 g/mol. The van der Waals surface area contributed by atoms with Gasteiger partial charge in [-0.05, 0) is 36.4 Å². The highest BCUT2D eigenvalue weighted by Gasteiger charge is 2.09. The Morgan fingerprint density at radius 3 is 2.54 bits per heavy atom. The van der Waals surface area contributed by atoms with E-state index < -0.39 is 0 Å². The topological polar surface area (TPSA) is 76.1 Å². The standard InChI is InChI=1S/C16H13ClN4O2S/c17-11-6-8-13(9-7-11)23-10-14-20-21-16(24-14)19-15(22)18-12-4-2-1-3-5-12/h1-9H,10H2,(H2,18,19,21,22). The zero-order valence-electron chi connectivity index (χ0n) is 12.4. The van der Waals surface area contributed by atoms with Gasteiger partial charge in [0.15, 0.2) is 5.01 Å². The molecule has 2 amide bonds. The third-order valence-corrected chi connectivity index (χ3v) is 3.96. The summed E-state index contributed by atoms with van der Waals surface area (Å²) in [6.07, 6.45) is 0. The summed E-state index contributed by atoms with van der Waals surface area (Å²) in [7, 11) is 0. The Morgan fingerprint density at radius 2 is 1.79 bits per heavy atom. The number of carbonyl (C=O) groups is 1. The van der Waals surface area contributed by atoms with Crippen molar-refractivity contribution in [3.8, 4) is 5.75 Å². The van der Waals surface area contributed by atoms with E-state index in [1.54, 1.807) is 36.4 Å². The molecule has 24 heavy (non-hydrogen) atoms. The number of hydrogen-bond donors (Lipinski definition) is 2. The predicted octanol–water partition coefficient (Wildman–Crippen LogP) is 4.41. The lowest BCUT2D eigenvalue weighted by Gasteiger charge is -2.04. The Bertz CT molecular complexity index is 808. The fourth-order valence-electron chi connectivity index (χ4n) is 1.82. The van der Waals surface area contributed by atoms with E-state index in [-0.39, 0.29) is 12.6 Å². The maximum absolute atomic E-state index is 11.9. The average Bonchev–Trinajstić information content (AvgIpc) is 3.02. The fraction of sp³-hybridized carbons (Fsp3) is 0.0625. The summed E-state index contributed by atoms with van der Waals surface area (Å²) in [5.74, 6) is 0.686. The number of rotatable bonds is 5. The van der Waals surface area contributed by atoms with Crippen LogP contribution in [0.4, 0.5) is 15.6 Å². The molecule has 6 nitrogen and oxygen atoms in total. The molecule has 122 valence electrons. The van der Waals surface area contributed by atoms with Crippen LogP contribution in [-0.2, 0) is 6.61 Å². The van der Waals surface area contributed by atoms with Gasteiger partial charge in [0, 0.05) is 10.7 Å². The van der Waals surface area contributed by atoms with Crippen molar-refractivity contribution < 1.29 is 9.53 Å². The predicted molar refractivity (Wildman–Crippen MR) is 94.8 cm³/mol. The number of ether oxygens (including phenoxy) is 1. The molecule has 0 saturated heterocycles. The minimum absolute atomic E-state index is 0.265. The van der Waals surface area contributed by atoms with Gasteiger partial charge in [-0.3, -0.25) is 5.32 Å². The SMILES string of the molecule is O=C(Nc1ccccc1)Nc1nnc(COc2ccc(Cl)cc2)s1. The second-order valence-electron chi connectivity index (χ2n) is 4.69. The number of amides is 2. The van der Waals surface area contributed by atoms with Gasteiger partial charge in [-0.2, -0.15) is 0 Å². The Labute approximate surface area is 147 Å². The summed E-state index contributed by atoms with van der Waals surface area (Å²) in [6, 6.07) is 15.8. The zero-order chi connectivity index (χ0) is 16.8. The zero-order valence-corrected chi connectivity index (χ0v) is 14.0. The molecule has 2 aromatic carbocycles. The maximum Gasteiger partial charge on any atom is 0.325 e. The number of nitrogens with one attached hydrogen (secondary N) is 2. The van der Waals surface area contributed by atoms with E-state index in [1.165, 1.54) is 11.3 Å². The van der Waals surface area contributed by atoms with Gasteiger partial charge in [0.2, 0.25) is 5.13 Å². The number of para-hydroxylation sites is 1. The second kappa shape index (κ2) is 7.76. The van der Waals surface area contributed by atoms with Gasteiger partial charge in [-0.25, -0.2) is 4.79 Å². The number of anilines is 2. The Hall–Kier alpha value is -2.64. The van der Waals surface area contributed by atoms with Gasteiger partial charge in [-0.15, -0.1) is 10.2 Å². The van der Waals surface area contributed by atoms with Crippen LogP contribution in [0.15, 0.2) is 54.6 Å². The van der Waals surface area contributed by atoms with Gasteiger partial charge in [-0.1, -0.05) is 41.1 Å². The molecule has 2 N–H and O–H groups in total. The lowest BCUT2D eigenvalue weighted by Crippen LogP contribution is -2.19. The smallest absolute Gasteiger partial charge is 0.325 e. The molecule has 0 aliphatic rings. The third-order valence-electron chi connectivity index (χ3n) is 2.89. The number of carbonyl (C=O) groups excluding carboxylic acids is 1. The van der Waals surface area contributed by atoms with Crippen molar-refractivity contribution >= 4 is 39.8 Å². The first kappa shape index (κ1) is 16.2. The molecule has 0 bridgehead atoms. The van der Waals surface area contributed by atoms with Gasteiger partial charge in [0.25, 0.3) is 0 Å². The van der Waals surface area contributed by atoms with Gasteiger partial charge < -0.3 is 10.1 Å². The summed E-state index contributed by atoms with van der Waals surface area (Å²) >= 11 is 7.07.